The molecule has 178 valence electrons. The number of carbonyl (C=O) groups excluding carboxylic acids is 1. The van der Waals surface area contributed by atoms with Gasteiger partial charge in [-0.3, -0.25) is 4.79 Å². The molecule has 0 aliphatic heterocycles. The number of halogens is 1. The first-order chi connectivity index (χ1) is 15.3. The SMILES string of the molecule is CC(C)c1c(F)c(C#N)cc(C2CC2)c1CC(=O)NS(=O)(=O)c1sc(C(C)(C)O)nc1CO. The molecule has 1 heterocycles. The minimum Gasteiger partial charge on any atom is -0.390 e. The summed E-state index contributed by atoms with van der Waals surface area (Å²) in [4.78, 5) is 16.8. The molecule has 0 bridgehead atoms. The van der Waals surface area contributed by atoms with Gasteiger partial charge in [0.2, 0.25) is 5.91 Å². The molecular weight excluding hydrogens is 469 g/mol. The number of nitrogens with zero attached hydrogens (tertiary/aromatic N) is 2. The summed E-state index contributed by atoms with van der Waals surface area (Å²) in [6, 6.07) is 3.32. The number of sulfonamides is 1. The Bertz CT molecular complexity index is 1240. The topological polar surface area (TPSA) is 140 Å². The highest BCUT2D eigenvalue weighted by Crippen LogP contribution is 2.44. The monoisotopic (exact) mass is 495 g/mol. The van der Waals surface area contributed by atoms with Crippen molar-refractivity contribution in [3.8, 4) is 6.07 Å². The molecule has 1 aromatic heterocycles. The van der Waals surface area contributed by atoms with Gasteiger partial charge in [0, 0.05) is 0 Å². The molecule has 8 nitrogen and oxygen atoms in total. The second-order valence-electron chi connectivity index (χ2n) is 8.94. The molecule has 1 saturated carbocycles. The van der Waals surface area contributed by atoms with E-state index in [9.17, 15) is 33.1 Å². The maximum absolute atomic E-state index is 15.0. The quantitative estimate of drug-likeness (QED) is 0.511. The Morgan fingerprint density at radius 3 is 2.55 bits per heavy atom. The van der Waals surface area contributed by atoms with Crippen LogP contribution in [0.2, 0.25) is 0 Å². The number of nitrogens with one attached hydrogen (secondary N) is 1. The highest BCUT2D eigenvalue weighted by molar-refractivity contribution is 7.92. The third-order valence-electron chi connectivity index (χ3n) is 5.33. The van der Waals surface area contributed by atoms with Gasteiger partial charge in [-0.05, 0) is 61.3 Å². The fourth-order valence-electron chi connectivity index (χ4n) is 3.68. The van der Waals surface area contributed by atoms with Crippen LogP contribution >= 0.6 is 11.3 Å². The van der Waals surface area contributed by atoms with Crippen molar-refractivity contribution in [2.45, 2.75) is 75.2 Å². The Balaban J connectivity index is 1.97. The summed E-state index contributed by atoms with van der Waals surface area (Å²) in [5.41, 5.74) is -0.362. The maximum Gasteiger partial charge on any atom is 0.275 e. The number of rotatable bonds is 8. The molecule has 33 heavy (non-hydrogen) atoms. The number of hydrogen-bond acceptors (Lipinski definition) is 8. The summed E-state index contributed by atoms with van der Waals surface area (Å²) < 4.78 is 42.4. The largest absolute Gasteiger partial charge is 0.390 e. The number of carbonyl (C=O) groups is 1. The standard InChI is InChI=1S/C22H26FN3O5S2/c1-11(2)18-15(14(12-5-6-12)7-13(9-24)19(18)23)8-17(28)26-33(30,31)20-16(10-27)25-21(32-20)22(3,4)29/h7,11-12,27,29H,5-6,8,10H2,1-4H3,(H,26,28). The Labute approximate surface area is 196 Å². The molecule has 0 radical (unpaired) electrons. The highest BCUT2D eigenvalue weighted by Gasteiger charge is 2.33. The second-order valence-corrected chi connectivity index (χ2v) is 11.8. The molecule has 1 amide bonds. The number of aromatic nitrogens is 1. The highest BCUT2D eigenvalue weighted by atomic mass is 32.2. The zero-order valence-corrected chi connectivity index (χ0v) is 20.4. The van der Waals surface area contributed by atoms with Crippen LogP contribution in [0.15, 0.2) is 10.3 Å². The first-order valence-electron chi connectivity index (χ1n) is 10.4. The van der Waals surface area contributed by atoms with Gasteiger partial charge in [-0.15, -0.1) is 11.3 Å². The Morgan fingerprint density at radius 2 is 2.06 bits per heavy atom. The molecule has 2 aromatic rings. The van der Waals surface area contributed by atoms with E-state index in [1.165, 1.54) is 19.9 Å². The van der Waals surface area contributed by atoms with Gasteiger partial charge in [0.25, 0.3) is 10.0 Å². The molecule has 11 heteroatoms. The van der Waals surface area contributed by atoms with Crippen molar-refractivity contribution in [3.05, 3.63) is 44.8 Å². The summed E-state index contributed by atoms with van der Waals surface area (Å²) in [5.74, 6) is -1.79. The van der Waals surface area contributed by atoms with Gasteiger partial charge in [-0.2, -0.15) is 5.26 Å². The van der Waals surface area contributed by atoms with Crippen LogP contribution in [0, 0.1) is 17.1 Å². The van der Waals surface area contributed by atoms with Gasteiger partial charge >= 0.3 is 0 Å². The van der Waals surface area contributed by atoms with Gasteiger partial charge in [-0.25, -0.2) is 22.5 Å². The van der Waals surface area contributed by atoms with E-state index in [-0.39, 0.29) is 44.3 Å². The molecular formula is C22H26FN3O5S2. The molecule has 3 N–H and O–H groups in total. The molecule has 1 aliphatic rings. The van der Waals surface area contributed by atoms with E-state index in [1.807, 2.05) is 10.8 Å². The third kappa shape index (κ3) is 5.24. The smallest absolute Gasteiger partial charge is 0.275 e. The zero-order valence-electron chi connectivity index (χ0n) is 18.8. The van der Waals surface area contributed by atoms with Crippen LogP contribution in [-0.4, -0.2) is 29.5 Å². The minimum absolute atomic E-state index is 0.0756. The molecule has 1 aromatic carbocycles. The predicted molar refractivity (Wildman–Crippen MR) is 119 cm³/mol. The Morgan fingerprint density at radius 1 is 1.42 bits per heavy atom. The molecule has 0 unspecified atom stereocenters. The van der Waals surface area contributed by atoms with Crippen LogP contribution in [0.4, 0.5) is 4.39 Å². The van der Waals surface area contributed by atoms with Crippen molar-refractivity contribution in [1.82, 2.24) is 9.71 Å². The lowest BCUT2D eigenvalue weighted by Crippen LogP contribution is -2.32. The molecule has 1 aliphatic carbocycles. The third-order valence-corrected chi connectivity index (χ3v) is 8.66. The average Bonchev–Trinajstić information content (AvgIpc) is 3.42. The summed E-state index contributed by atoms with van der Waals surface area (Å²) >= 11 is 0.660. The van der Waals surface area contributed by atoms with E-state index in [4.69, 9.17) is 0 Å². The van der Waals surface area contributed by atoms with Crippen LogP contribution in [0.5, 0.6) is 0 Å². The van der Waals surface area contributed by atoms with Crippen LogP contribution in [0.3, 0.4) is 0 Å². The summed E-state index contributed by atoms with van der Waals surface area (Å²) in [5, 5.41) is 29.1. The summed E-state index contributed by atoms with van der Waals surface area (Å²) in [6.07, 6.45) is 1.32. The lowest BCUT2D eigenvalue weighted by molar-refractivity contribution is -0.118. The predicted octanol–water partition coefficient (Wildman–Crippen LogP) is 2.92. The van der Waals surface area contributed by atoms with Crippen molar-refractivity contribution in [3.63, 3.8) is 0 Å². The van der Waals surface area contributed by atoms with Crippen LogP contribution in [0.1, 0.15) is 85.3 Å². The van der Waals surface area contributed by atoms with Gasteiger partial charge in [-0.1, -0.05) is 13.8 Å². The minimum atomic E-state index is -4.40. The number of thiazole rings is 1. The molecule has 0 spiro atoms. The van der Waals surface area contributed by atoms with Gasteiger partial charge in [0.15, 0.2) is 4.21 Å². The molecule has 1 fully saturated rings. The number of aliphatic hydroxyl groups is 2. The summed E-state index contributed by atoms with van der Waals surface area (Å²) in [6.45, 7) is 5.65. The second kappa shape index (κ2) is 9.10. The fraction of sp³-hybridized carbons (Fsp3) is 0.500. The normalized spacial score (nSPS) is 14.4. The van der Waals surface area contributed by atoms with Crippen molar-refractivity contribution in [2.24, 2.45) is 0 Å². The fourth-order valence-corrected chi connectivity index (χ4v) is 6.18. The van der Waals surface area contributed by atoms with Gasteiger partial charge in [0.05, 0.1) is 24.3 Å². The number of aliphatic hydroxyl groups excluding tert-OH is 1. The summed E-state index contributed by atoms with van der Waals surface area (Å²) in [7, 11) is -4.40. The number of benzene rings is 1. The van der Waals surface area contributed by atoms with Crippen LogP contribution < -0.4 is 4.72 Å². The number of hydrogen-bond donors (Lipinski definition) is 3. The van der Waals surface area contributed by atoms with Gasteiger partial charge < -0.3 is 10.2 Å². The van der Waals surface area contributed by atoms with E-state index >= 15 is 0 Å². The molecule has 3 rings (SSSR count). The van der Waals surface area contributed by atoms with Gasteiger partial charge in [0.1, 0.15) is 22.5 Å². The van der Waals surface area contributed by atoms with Crippen LogP contribution in [-0.2, 0) is 33.4 Å². The van der Waals surface area contributed by atoms with Crippen molar-refractivity contribution in [1.29, 1.82) is 5.26 Å². The molecule has 0 atom stereocenters. The maximum atomic E-state index is 15.0. The van der Waals surface area contributed by atoms with Crippen LogP contribution in [0.25, 0.3) is 0 Å². The van der Waals surface area contributed by atoms with E-state index in [0.717, 1.165) is 12.8 Å². The Hall–Kier alpha value is -2.39. The Kier molecular flexibility index (Phi) is 6.96. The van der Waals surface area contributed by atoms with E-state index < -0.39 is 34.0 Å². The van der Waals surface area contributed by atoms with E-state index in [1.54, 1.807) is 13.8 Å². The van der Waals surface area contributed by atoms with E-state index in [0.29, 0.717) is 22.5 Å². The van der Waals surface area contributed by atoms with Crippen molar-refractivity contribution < 1.29 is 27.8 Å². The number of nitriles is 1. The van der Waals surface area contributed by atoms with Crippen molar-refractivity contribution in [2.75, 3.05) is 0 Å². The average molecular weight is 496 g/mol. The number of amides is 1. The first kappa shape index (κ1) is 25.2. The van der Waals surface area contributed by atoms with Crippen molar-refractivity contribution >= 4 is 27.3 Å². The molecule has 0 saturated heterocycles. The van der Waals surface area contributed by atoms with E-state index in [2.05, 4.69) is 4.98 Å². The lowest BCUT2D eigenvalue weighted by Gasteiger charge is -2.19. The zero-order chi connectivity index (χ0) is 24.7. The lowest BCUT2D eigenvalue weighted by atomic mass is 9.87. The first-order valence-corrected chi connectivity index (χ1v) is 12.7.